The minimum Gasteiger partial charge on any atom is -0.497 e. The molecule has 6 heteroatoms. The van der Waals surface area contributed by atoms with Crippen LogP contribution in [0.1, 0.15) is 10.4 Å². The maximum atomic E-state index is 11.0. The molecule has 6 nitrogen and oxygen atoms in total. The van der Waals surface area contributed by atoms with Crippen molar-refractivity contribution in [2.45, 2.75) is 0 Å². The highest BCUT2D eigenvalue weighted by molar-refractivity contribution is 5.92. The van der Waals surface area contributed by atoms with E-state index in [-0.39, 0.29) is 5.56 Å². The molecule has 0 bridgehead atoms. The molecule has 3 aromatic rings. The molecule has 110 valence electrons. The third kappa shape index (κ3) is 2.67. The summed E-state index contributed by atoms with van der Waals surface area (Å²) in [4.78, 5) is 19.5. The molecular weight excluding hydrogens is 282 g/mol. The quantitative estimate of drug-likeness (QED) is 0.769. The predicted molar refractivity (Wildman–Crippen MR) is 82.8 cm³/mol. The number of nitrogens with zero attached hydrogens (tertiary/aromatic N) is 2. The SMILES string of the molecule is COc1ccc2c(Nc3cccc(C(=O)O)c3)ncnc2c1. The fourth-order valence-corrected chi connectivity index (χ4v) is 2.13. The van der Waals surface area contributed by atoms with Gasteiger partial charge in [-0.15, -0.1) is 0 Å². The molecule has 0 fully saturated rings. The highest BCUT2D eigenvalue weighted by atomic mass is 16.5. The van der Waals surface area contributed by atoms with Crippen LogP contribution in [0, 0.1) is 0 Å². The number of hydrogen-bond acceptors (Lipinski definition) is 5. The predicted octanol–water partition coefficient (Wildman–Crippen LogP) is 3.08. The number of rotatable bonds is 4. The monoisotopic (exact) mass is 295 g/mol. The van der Waals surface area contributed by atoms with Crippen molar-refractivity contribution >= 4 is 28.4 Å². The third-order valence-corrected chi connectivity index (χ3v) is 3.22. The molecule has 2 N–H and O–H groups in total. The maximum absolute atomic E-state index is 11.0. The molecular formula is C16H13N3O3. The number of carbonyl (C=O) groups is 1. The van der Waals surface area contributed by atoms with Crippen molar-refractivity contribution in [3.63, 3.8) is 0 Å². The molecule has 0 atom stereocenters. The number of carboxylic acid groups (broad SMARTS) is 1. The van der Waals surface area contributed by atoms with Gasteiger partial charge in [-0.05, 0) is 30.3 Å². The van der Waals surface area contributed by atoms with E-state index in [9.17, 15) is 4.79 Å². The first-order valence-corrected chi connectivity index (χ1v) is 6.56. The van der Waals surface area contributed by atoms with Crippen molar-refractivity contribution in [2.75, 3.05) is 12.4 Å². The summed E-state index contributed by atoms with van der Waals surface area (Å²) in [5, 5.41) is 13.0. The number of ether oxygens (including phenoxy) is 1. The first-order valence-electron chi connectivity index (χ1n) is 6.56. The summed E-state index contributed by atoms with van der Waals surface area (Å²) >= 11 is 0. The average molecular weight is 295 g/mol. The van der Waals surface area contributed by atoms with E-state index in [0.29, 0.717) is 17.3 Å². The van der Waals surface area contributed by atoms with Crippen molar-refractivity contribution in [1.82, 2.24) is 9.97 Å². The van der Waals surface area contributed by atoms with E-state index >= 15 is 0 Å². The van der Waals surface area contributed by atoms with E-state index in [1.54, 1.807) is 25.3 Å². The lowest BCUT2D eigenvalue weighted by Gasteiger charge is -2.09. The summed E-state index contributed by atoms with van der Waals surface area (Å²) in [6, 6.07) is 12.1. The number of aromatic nitrogens is 2. The van der Waals surface area contributed by atoms with Crippen LogP contribution in [0.4, 0.5) is 11.5 Å². The normalized spacial score (nSPS) is 10.4. The molecule has 1 heterocycles. The van der Waals surface area contributed by atoms with Crippen LogP contribution < -0.4 is 10.1 Å². The van der Waals surface area contributed by atoms with Crippen molar-refractivity contribution in [3.05, 3.63) is 54.4 Å². The summed E-state index contributed by atoms with van der Waals surface area (Å²) in [6.07, 6.45) is 1.45. The molecule has 0 aliphatic rings. The van der Waals surface area contributed by atoms with Crippen LogP contribution >= 0.6 is 0 Å². The number of fused-ring (bicyclic) bond motifs is 1. The number of hydrogen-bond donors (Lipinski definition) is 2. The Morgan fingerprint density at radius 2 is 2.05 bits per heavy atom. The van der Waals surface area contributed by atoms with E-state index in [1.807, 2.05) is 18.2 Å². The molecule has 0 spiro atoms. The first kappa shape index (κ1) is 13.8. The van der Waals surface area contributed by atoms with Crippen molar-refractivity contribution < 1.29 is 14.6 Å². The molecule has 0 aliphatic heterocycles. The molecule has 0 radical (unpaired) electrons. The summed E-state index contributed by atoms with van der Waals surface area (Å²) in [7, 11) is 1.60. The third-order valence-electron chi connectivity index (χ3n) is 3.22. The maximum Gasteiger partial charge on any atom is 0.335 e. The zero-order chi connectivity index (χ0) is 15.5. The van der Waals surface area contributed by atoms with Gasteiger partial charge in [0, 0.05) is 17.1 Å². The number of nitrogens with one attached hydrogen (secondary N) is 1. The average Bonchev–Trinajstić information content (AvgIpc) is 2.55. The van der Waals surface area contributed by atoms with Crippen LogP contribution in [0.3, 0.4) is 0 Å². The lowest BCUT2D eigenvalue weighted by atomic mass is 10.2. The Morgan fingerprint density at radius 3 is 2.82 bits per heavy atom. The Bertz CT molecular complexity index is 849. The Kier molecular flexibility index (Phi) is 3.57. The lowest BCUT2D eigenvalue weighted by molar-refractivity contribution is 0.0697. The van der Waals surface area contributed by atoms with Crippen LogP contribution in [0.2, 0.25) is 0 Å². The minimum absolute atomic E-state index is 0.213. The highest BCUT2D eigenvalue weighted by Gasteiger charge is 2.07. The van der Waals surface area contributed by atoms with E-state index < -0.39 is 5.97 Å². The first-order chi connectivity index (χ1) is 10.7. The van der Waals surface area contributed by atoms with E-state index in [1.165, 1.54) is 12.4 Å². The van der Waals surface area contributed by atoms with Crippen molar-refractivity contribution in [1.29, 1.82) is 0 Å². The molecule has 3 rings (SSSR count). The van der Waals surface area contributed by atoms with Gasteiger partial charge in [-0.3, -0.25) is 0 Å². The van der Waals surface area contributed by atoms with Gasteiger partial charge in [-0.25, -0.2) is 14.8 Å². The molecule has 0 unspecified atom stereocenters. The van der Waals surface area contributed by atoms with Gasteiger partial charge in [-0.2, -0.15) is 0 Å². The van der Waals surface area contributed by atoms with Gasteiger partial charge in [-0.1, -0.05) is 6.07 Å². The second-order valence-corrected chi connectivity index (χ2v) is 4.62. The highest BCUT2D eigenvalue weighted by Crippen LogP contribution is 2.26. The summed E-state index contributed by atoms with van der Waals surface area (Å²) in [6.45, 7) is 0. The summed E-state index contributed by atoms with van der Waals surface area (Å²) in [5.74, 6) is 0.348. The molecule has 0 aliphatic carbocycles. The lowest BCUT2D eigenvalue weighted by Crippen LogP contribution is -1.99. The van der Waals surface area contributed by atoms with E-state index in [2.05, 4.69) is 15.3 Å². The Balaban J connectivity index is 2.00. The molecule has 0 saturated carbocycles. The second-order valence-electron chi connectivity index (χ2n) is 4.62. The molecule has 2 aromatic carbocycles. The van der Waals surface area contributed by atoms with Gasteiger partial charge in [0.2, 0.25) is 0 Å². The van der Waals surface area contributed by atoms with Gasteiger partial charge in [0.1, 0.15) is 17.9 Å². The molecule has 22 heavy (non-hydrogen) atoms. The number of benzene rings is 2. The molecule has 1 aromatic heterocycles. The Hall–Kier alpha value is -3.15. The van der Waals surface area contributed by atoms with Crippen LogP contribution in [-0.2, 0) is 0 Å². The zero-order valence-corrected chi connectivity index (χ0v) is 11.8. The van der Waals surface area contributed by atoms with Crippen LogP contribution in [0.25, 0.3) is 10.9 Å². The van der Waals surface area contributed by atoms with Crippen molar-refractivity contribution in [3.8, 4) is 5.75 Å². The van der Waals surface area contributed by atoms with Crippen LogP contribution in [-0.4, -0.2) is 28.2 Å². The smallest absolute Gasteiger partial charge is 0.335 e. The number of carboxylic acids is 1. The second kappa shape index (κ2) is 5.69. The van der Waals surface area contributed by atoms with Crippen LogP contribution in [0.5, 0.6) is 5.75 Å². The van der Waals surface area contributed by atoms with Crippen LogP contribution in [0.15, 0.2) is 48.8 Å². The standard InChI is InChI=1S/C16H13N3O3/c1-22-12-5-6-13-14(8-12)17-9-18-15(13)19-11-4-2-3-10(7-11)16(20)21/h2-9H,1H3,(H,20,21)(H,17,18,19). The summed E-state index contributed by atoms with van der Waals surface area (Å²) in [5.41, 5.74) is 1.60. The molecule has 0 saturated heterocycles. The van der Waals surface area contributed by atoms with Gasteiger partial charge < -0.3 is 15.2 Å². The topological polar surface area (TPSA) is 84.3 Å². The zero-order valence-electron chi connectivity index (χ0n) is 11.8. The fourth-order valence-electron chi connectivity index (χ4n) is 2.13. The summed E-state index contributed by atoms with van der Waals surface area (Å²) < 4.78 is 5.18. The van der Waals surface area contributed by atoms with Gasteiger partial charge in [0.15, 0.2) is 0 Å². The largest absolute Gasteiger partial charge is 0.497 e. The van der Waals surface area contributed by atoms with E-state index in [0.717, 1.165) is 10.9 Å². The van der Waals surface area contributed by atoms with Crippen molar-refractivity contribution in [2.24, 2.45) is 0 Å². The number of methoxy groups -OCH3 is 1. The Labute approximate surface area is 126 Å². The van der Waals surface area contributed by atoms with E-state index in [4.69, 9.17) is 9.84 Å². The fraction of sp³-hybridized carbons (Fsp3) is 0.0625. The minimum atomic E-state index is -0.971. The Morgan fingerprint density at radius 1 is 1.18 bits per heavy atom. The van der Waals surface area contributed by atoms with Gasteiger partial charge in [0.25, 0.3) is 0 Å². The molecule has 0 amide bonds. The van der Waals surface area contributed by atoms with Gasteiger partial charge >= 0.3 is 5.97 Å². The number of anilines is 2. The van der Waals surface area contributed by atoms with Gasteiger partial charge in [0.05, 0.1) is 18.2 Å². The number of aromatic carboxylic acids is 1.